The molecule has 1 fully saturated rings. The van der Waals surface area contributed by atoms with Gasteiger partial charge in [-0.2, -0.15) is 0 Å². The fourth-order valence-electron chi connectivity index (χ4n) is 2.45. The SMILES string of the molecule is CCCCC1NC(CCC)N(CCN(C)C)C1=O. The maximum Gasteiger partial charge on any atom is 0.241 e. The second-order valence-corrected chi connectivity index (χ2v) is 5.50. The molecule has 18 heavy (non-hydrogen) atoms. The van der Waals surface area contributed by atoms with E-state index in [1.165, 1.54) is 0 Å². The summed E-state index contributed by atoms with van der Waals surface area (Å²) in [5.74, 6) is 0.309. The van der Waals surface area contributed by atoms with Gasteiger partial charge in [0.25, 0.3) is 0 Å². The van der Waals surface area contributed by atoms with Crippen LogP contribution in [0.5, 0.6) is 0 Å². The molecule has 1 aliphatic rings. The van der Waals surface area contributed by atoms with Crippen LogP contribution in [-0.2, 0) is 4.79 Å². The lowest BCUT2D eigenvalue weighted by molar-refractivity contribution is -0.130. The number of nitrogens with one attached hydrogen (secondary N) is 1. The predicted molar refractivity (Wildman–Crippen MR) is 75.4 cm³/mol. The Kier molecular flexibility index (Phi) is 6.65. The zero-order chi connectivity index (χ0) is 13.5. The van der Waals surface area contributed by atoms with Gasteiger partial charge in [-0.3, -0.25) is 10.1 Å². The van der Waals surface area contributed by atoms with E-state index in [0.717, 1.165) is 45.2 Å². The van der Waals surface area contributed by atoms with E-state index in [-0.39, 0.29) is 12.2 Å². The molecule has 0 spiro atoms. The monoisotopic (exact) mass is 255 g/mol. The summed E-state index contributed by atoms with van der Waals surface area (Å²) in [6, 6.07) is 0.0589. The first-order chi connectivity index (χ1) is 8.60. The highest BCUT2D eigenvalue weighted by Crippen LogP contribution is 2.18. The standard InChI is InChI=1S/C14H29N3O/c1-5-7-9-12-14(18)17(11-10-16(3)4)13(15-12)8-6-2/h12-13,15H,5-11H2,1-4H3. The molecule has 0 bridgehead atoms. The van der Waals surface area contributed by atoms with E-state index in [2.05, 4.69) is 38.2 Å². The van der Waals surface area contributed by atoms with Gasteiger partial charge >= 0.3 is 0 Å². The Balaban J connectivity index is 2.56. The van der Waals surface area contributed by atoms with Gasteiger partial charge in [0.15, 0.2) is 0 Å². The Morgan fingerprint density at radius 2 is 1.94 bits per heavy atom. The fraction of sp³-hybridized carbons (Fsp3) is 0.929. The molecule has 2 atom stereocenters. The minimum absolute atomic E-state index is 0.0589. The third-order valence-corrected chi connectivity index (χ3v) is 3.55. The lowest BCUT2D eigenvalue weighted by Crippen LogP contribution is -2.41. The van der Waals surface area contributed by atoms with Crippen molar-refractivity contribution in [3.05, 3.63) is 0 Å². The van der Waals surface area contributed by atoms with E-state index >= 15 is 0 Å². The molecular weight excluding hydrogens is 226 g/mol. The first-order valence-corrected chi connectivity index (χ1v) is 7.31. The van der Waals surface area contributed by atoms with Gasteiger partial charge in [0.05, 0.1) is 12.2 Å². The van der Waals surface area contributed by atoms with Crippen LogP contribution < -0.4 is 5.32 Å². The summed E-state index contributed by atoms with van der Waals surface area (Å²) in [7, 11) is 4.11. The molecule has 1 aliphatic heterocycles. The van der Waals surface area contributed by atoms with E-state index in [0.29, 0.717) is 5.91 Å². The number of hydrogen-bond donors (Lipinski definition) is 1. The van der Waals surface area contributed by atoms with Gasteiger partial charge in [0, 0.05) is 13.1 Å². The molecule has 0 aromatic heterocycles. The highest BCUT2D eigenvalue weighted by Gasteiger charge is 2.37. The molecule has 1 saturated heterocycles. The van der Waals surface area contributed by atoms with Crippen molar-refractivity contribution in [2.45, 2.75) is 58.2 Å². The van der Waals surface area contributed by atoms with Crippen LogP contribution >= 0.6 is 0 Å². The molecule has 0 saturated carbocycles. The molecule has 0 aromatic rings. The number of carbonyl (C=O) groups excluding carboxylic acids is 1. The molecular formula is C14H29N3O. The van der Waals surface area contributed by atoms with Crippen LogP contribution in [0.25, 0.3) is 0 Å². The fourth-order valence-corrected chi connectivity index (χ4v) is 2.45. The van der Waals surface area contributed by atoms with Crippen molar-refractivity contribution in [1.29, 1.82) is 0 Å². The number of amides is 1. The summed E-state index contributed by atoms with van der Waals surface area (Å²) in [6.45, 7) is 6.13. The molecule has 0 aliphatic carbocycles. The van der Waals surface area contributed by atoms with Gasteiger partial charge < -0.3 is 9.80 Å². The first kappa shape index (κ1) is 15.4. The van der Waals surface area contributed by atoms with Gasteiger partial charge in [-0.15, -0.1) is 0 Å². The summed E-state index contributed by atoms with van der Waals surface area (Å²) < 4.78 is 0. The van der Waals surface area contributed by atoms with Crippen molar-refractivity contribution in [2.24, 2.45) is 0 Å². The van der Waals surface area contributed by atoms with Crippen LogP contribution in [0.15, 0.2) is 0 Å². The summed E-state index contributed by atoms with van der Waals surface area (Å²) in [6.07, 6.45) is 5.69. The highest BCUT2D eigenvalue weighted by molar-refractivity contribution is 5.84. The Morgan fingerprint density at radius 1 is 1.22 bits per heavy atom. The molecule has 0 radical (unpaired) electrons. The quantitative estimate of drug-likeness (QED) is 0.716. The highest BCUT2D eigenvalue weighted by atomic mass is 16.2. The van der Waals surface area contributed by atoms with E-state index in [4.69, 9.17) is 0 Å². The third-order valence-electron chi connectivity index (χ3n) is 3.55. The Bertz CT molecular complexity index is 255. The number of nitrogens with zero attached hydrogens (tertiary/aromatic N) is 2. The number of carbonyl (C=O) groups is 1. The average Bonchev–Trinajstić information content (AvgIpc) is 2.61. The third kappa shape index (κ3) is 4.25. The second-order valence-electron chi connectivity index (χ2n) is 5.50. The van der Waals surface area contributed by atoms with Crippen molar-refractivity contribution in [3.63, 3.8) is 0 Å². The number of hydrogen-bond acceptors (Lipinski definition) is 3. The van der Waals surface area contributed by atoms with Crippen LogP contribution in [0.1, 0.15) is 46.0 Å². The van der Waals surface area contributed by atoms with E-state index in [1.54, 1.807) is 0 Å². The average molecular weight is 255 g/mol. The van der Waals surface area contributed by atoms with Crippen LogP contribution in [0.2, 0.25) is 0 Å². The van der Waals surface area contributed by atoms with Gasteiger partial charge in [-0.25, -0.2) is 0 Å². The van der Waals surface area contributed by atoms with Crippen molar-refractivity contribution in [3.8, 4) is 0 Å². The van der Waals surface area contributed by atoms with Crippen molar-refractivity contribution >= 4 is 5.91 Å². The van der Waals surface area contributed by atoms with Crippen LogP contribution in [-0.4, -0.2) is 55.1 Å². The zero-order valence-electron chi connectivity index (χ0n) is 12.4. The predicted octanol–water partition coefficient (Wildman–Crippen LogP) is 1.66. The normalized spacial score (nSPS) is 24.3. The van der Waals surface area contributed by atoms with Gasteiger partial charge in [0.1, 0.15) is 0 Å². The summed E-state index contributed by atoms with van der Waals surface area (Å²) in [5.41, 5.74) is 0. The second kappa shape index (κ2) is 7.74. The van der Waals surface area contributed by atoms with E-state index < -0.39 is 0 Å². The largest absolute Gasteiger partial charge is 0.325 e. The molecule has 1 heterocycles. The first-order valence-electron chi connectivity index (χ1n) is 7.31. The minimum Gasteiger partial charge on any atom is -0.325 e. The summed E-state index contributed by atoms with van der Waals surface area (Å²) >= 11 is 0. The molecule has 1 rings (SSSR count). The molecule has 1 N–H and O–H groups in total. The van der Waals surface area contributed by atoms with Gasteiger partial charge in [-0.05, 0) is 26.9 Å². The van der Waals surface area contributed by atoms with E-state index in [1.807, 2.05) is 4.90 Å². The van der Waals surface area contributed by atoms with Crippen molar-refractivity contribution in [2.75, 3.05) is 27.2 Å². The number of unbranched alkanes of at least 4 members (excludes halogenated alkanes) is 1. The van der Waals surface area contributed by atoms with Crippen molar-refractivity contribution < 1.29 is 4.79 Å². The smallest absolute Gasteiger partial charge is 0.241 e. The molecule has 106 valence electrons. The van der Waals surface area contributed by atoms with Crippen molar-refractivity contribution in [1.82, 2.24) is 15.1 Å². The van der Waals surface area contributed by atoms with Gasteiger partial charge in [-0.1, -0.05) is 33.1 Å². The zero-order valence-corrected chi connectivity index (χ0v) is 12.4. The molecule has 2 unspecified atom stereocenters. The Hall–Kier alpha value is -0.610. The van der Waals surface area contributed by atoms with Crippen LogP contribution in [0.3, 0.4) is 0 Å². The maximum atomic E-state index is 12.4. The lowest BCUT2D eigenvalue weighted by Gasteiger charge is -2.25. The number of rotatable bonds is 8. The Labute approximate surface area is 112 Å². The summed E-state index contributed by atoms with van der Waals surface area (Å²) in [4.78, 5) is 16.5. The number of likely N-dealkylation sites (N-methyl/N-ethyl adjacent to an activating group) is 1. The maximum absolute atomic E-state index is 12.4. The lowest BCUT2D eigenvalue weighted by atomic mass is 10.1. The Morgan fingerprint density at radius 3 is 2.50 bits per heavy atom. The topological polar surface area (TPSA) is 35.6 Å². The molecule has 1 amide bonds. The van der Waals surface area contributed by atoms with Gasteiger partial charge in [0.2, 0.25) is 5.91 Å². The van der Waals surface area contributed by atoms with E-state index in [9.17, 15) is 4.79 Å². The molecule has 0 aromatic carbocycles. The molecule has 4 nitrogen and oxygen atoms in total. The van der Waals surface area contributed by atoms with Crippen LogP contribution in [0.4, 0.5) is 0 Å². The minimum atomic E-state index is 0.0589. The summed E-state index contributed by atoms with van der Waals surface area (Å²) in [5, 5.41) is 3.51. The van der Waals surface area contributed by atoms with Crippen LogP contribution in [0, 0.1) is 0 Å². The molecule has 4 heteroatoms.